The van der Waals surface area contributed by atoms with Gasteiger partial charge in [0, 0.05) is 17.3 Å². The zero-order valence-corrected chi connectivity index (χ0v) is 17.5. The minimum atomic E-state index is -0.245. The number of ether oxygens (including phenoxy) is 2. The third-order valence-corrected chi connectivity index (χ3v) is 4.56. The first-order valence-electron chi connectivity index (χ1n) is 9.89. The normalized spacial score (nSPS) is 10.4. The molecule has 6 heteroatoms. The summed E-state index contributed by atoms with van der Waals surface area (Å²) in [6, 6.07) is 21.8. The van der Waals surface area contributed by atoms with E-state index in [0.29, 0.717) is 13.2 Å². The fourth-order valence-electron chi connectivity index (χ4n) is 3.02. The van der Waals surface area contributed by atoms with Crippen molar-refractivity contribution < 1.29 is 13.9 Å². The monoisotopic (exact) mass is 424 g/mol. The summed E-state index contributed by atoms with van der Waals surface area (Å²) in [5.41, 5.74) is 8.20. The van der Waals surface area contributed by atoms with Crippen LogP contribution >= 0.6 is 12.2 Å². The summed E-state index contributed by atoms with van der Waals surface area (Å²) >= 11 is 4.84. The summed E-state index contributed by atoms with van der Waals surface area (Å²) < 4.78 is 24.9. The Hall–Kier alpha value is -3.12. The van der Waals surface area contributed by atoms with Crippen LogP contribution in [0.15, 0.2) is 72.8 Å². The Morgan fingerprint density at radius 1 is 0.867 bits per heavy atom. The van der Waals surface area contributed by atoms with E-state index in [1.165, 1.54) is 12.1 Å². The fraction of sp³-hybridized carbons (Fsp3) is 0.208. The zero-order chi connectivity index (χ0) is 21.2. The third-order valence-electron chi connectivity index (χ3n) is 4.46. The van der Waals surface area contributed by atoms with Gasteiger partial charge >= 0.3 is 0 Å². The lowest BCUT2D eigenvalue weighted by Crippen LogP contribution is -2.18. The molecule has 0 fully saturated rings. The minimum Gasteiger partial charge on any atom is -0.494 e. The third kappa shape index (κ3) is 6.74. The molecule has 0 aliphatic carbocycles. The predicted octanol–water partition coefficient (Wildman–Crippen LogP) is 5.78. The van der Waals surface area contributed by atoms with Crippen LogP contribution in [0.5, 0.6) is 11.5 Å². The molecule has 0 aliphatic heterocycles. The molecule has 0 amide bonds. The highest BCUT2D eigenvalue weighted by Crippen LogP contribution is 2.30. The number of nitrogens with one attached hydrogen (secondary N) is 1. The van der Waals surface area contributed by atoms with Gasteiger partial charge in [0.1, 0.15) is 17.3 Å². The summed E-state index contributed by atoms with van der Waals surface area (Å²) in [5, 5.41) is 3.12. The first kappa shape index (κ1) is 21.6. The summed E-state index contributed by atoms with van der Waals surface area (Å²) in [7, 11) is 0. The fourth-order valence-corrected chi connectivity index (χ4v) is 3.14. The van der Waals surface area contributed by atoms with Crippen LogP contribution in [-0.2, 0) is 0 Å². The highest BCUT2D eigenvalue weighted by atomic mass is 32.1. The summed E-state index contributed by atoms with van der Waals surface area (Å²) in [5.74, 6) is 1.34. The molecule has 0 bridgehead atoms. The Morgan fingerprint density at radius 2 is 1.60 bits per heavy atom. The van der Waals surface area contributed by atoms with Crippen molar-refractivity contribution in [2.75, 3.05) is 18.5 Å². The zero-order valence-electron chi connectivity index (χ0n) is 16.6. The van der Waals surface area contributed by atoms with Crippen molar-refractivity contribution in [2.24, 2.45) is 5.73 Å². The molecule has 3 N–H and O–H groups in total. The lowest BCUT2D eigenvalue weighted by Gasteiger charge is -2.12. The Bertz CT molecular complexity index is 963. The number of rotatable bonds is 10. The first-order chi connectivity index (χ1) is 14.6. The molecule has 0 spiro atoms. The molecule has 0 aromatic heterocycles. The van der Waals surface area contributed by atoms with E-state index in [4.69, 9.17) is 27.4 Å². The molecule has 3 rings (SSSR count). The van der Waals surface area contributed by atoms with Gasteiger partial charge in [-0.25, -0.2) is 4.39 Å². The van der Waals surface area contributed by atoms with E-state index in [9.17, 15) is 4.39 Å². The number of halogens is 1. The average Bonchev–Trinajstić information content (AvgIpc) is 2.74. The summed E-state index contributed by atoms with van der Waals surface area (Å²) in [6.07, 6.45) is 2.84. The van der Waals surface area contributed by atoms with E-state index in [2.05, 4.69) is 5.32 Å². The minimum absolute atomic E-state index is 0.230. The van der Waals surface area contributed by atoms with Gasteiger partial charge in [-0.15, -0.1) is 0 Å². The molecule has 0 saturated carbocycles. The number of benzene rings is 3. The number of nitrogens with two attached hydrogens (primary N) is 1. The molecule has 0 aliphatic rings. The molecule has 4 nitrogen and oxygen atoms in total. The molecule has 156 valence electrons. The van der Waals surface area contributed by atoms with Crippen LogP contribution in [0, 0.1) is 5.82 Å². The summed E-state index contributed by atoms with van der Waals surface area (Å²) in [4.78, 5) is 0. The molecule has 0 saturated heterocycles. The Balaban J connectivity index is 1.39. The van der Waals surface area contributed by atoms with Gasteiger partial charge < -0.3 is 20.5 Å². The van der Waals surface area contributed by atoms with Crippen LogP contribution in [0.2, 0.25) is 0 Å². The molecular formula is C24H25FN2O2S. The molecule has 3 aromatic rings. The van der Waals surface area contributed by atoms with E-state index in [0.717, 1.165) is 47.6 Å². The lowest BCUT2D eigenvalue weighted by molar-refractivity contribution is 0.280. The van der Waals surface area contributed by atoms with Crippen LogP contribution in [0.25, 0.3) is 11.1 Å². The molecule has 0 heterocycles. The van der Waals surface area contributed by atoms with Crippen LogP contribution in [0.3, 0.4) is 0 Å². The average molecular weight is 425 g/mol. The van der Waals surface area contributed by atoms with Gasteiger partial charge in [-0.2, -0.15) is 0 Å². The van der Waals surface area contributed by atoms with E-state index in [1.807, 2.05) is 48.5 Å². The van der Waals surface area contributed by atoms with E-state index in [-0.39, 0.29) is 10.9 Å². The predicted molar refractivity (Wildman–Crippen MR) is 124 cm³/mol. The number of hydrogen-bond acceptors (Lipinski definition) is 3. The lowest BCUT2D eigenvalue weighted by atomic mass is 10.0. The number of hydrogen-bond donors (Lipinski definition) is 2. The number of thiocarbonyl (C=S) groups is 1. The van der Waals surface area contributed by atoms with Crippen molar-refractivity contribution >= 4 is 23.0 Å². The van der Waals surface area contributed by atoms with Gasteiger partial charge in [-0.05, 0) is 67.4 Å². The van der Waals surface area contributed by atoms with Crippen molar-refractivity contribution in [2.45, 2.75) is 19.3 Å². The number of para-hydroxylation sites is 1. The maximum atomic E-state index is 13.2. The van der Waals surface area contributed by atoms with E-state index >= 15 is 0 Å². The van der Waals surface area contributed by atoms with Crippen LogP contribution in [0.1, 0.15) is 19.3 Å². The van der Waals surface area contributed by atoms with E-state index < -0.39 is 0 Å². The van der Waals surface area contributed by atoms with Gasteiger partial charge in [0.2, 0.25) is 0 Å². The largest absolute Gasteiger partial charge is 0.494 e. The quantitative estimate of drug-likeness (QED) is 0.319. The van der Waals surface area contributed by atoms with Crippen molar-refractivity contribution in [3.63, 3.8) is 0 Å². The molecule has 0 radical (unpaired) electrons. The molecule has 0 unspecified atom stereocenters. The molecular weight excluding hydrogens is 399 g/mol. The van der Waals surface area contributed by atoms with Crippen molar-refractivity contribution in [3.05, 3.63) is 78.6 Å². The molecule has 3 aromatic carbocycles. The maximum absolute atomic E-state index is 13.2. The second-order valence-corrected chi connectivity index (χ2v) is 7.22. The van der Waals surface area contributed by atoms with Gasteiger partial charge in [0.25, 0.3) is 0 Å². The number of anilines is 1. The highest BCUT2D eigenvalue weighted by molar-refractivity contribution is 7.80. The molecule has 30 heavy (non-hydrogen) atoms. The number of unbranched alkanes of at least 4 members (excludes halogenated alkanes) is 2. The SMILES string of the molecule is NC(=S)Nc1cccc(OCCCCCOc2ccccc2-c2ccc(F)cc2)c1. The van der Waals surface area contributed by atoms with Gasteiger partial charge in [0.05, 0.1) is 13.2 Å². The smallest absolute Gasteiger partial charge is 0.168 e. The second kappa shape index (κ2) is 11.2. The standard InChI is InChI=1S/C24H25FN2O2S/c25-19-13-11-18(12-14-19)22-9-2-3-10-23(22)29-16-5-1-4-15-28-21-8-6-7-20(17-21)27-24(26)30/h2-3,6-14,17H,1,4-5,15-16H2,(H3,26,27,30). The van der Waals surface area contributed by atoms with Gasteiger partial charge in [0.15, 0.2) is 5.11 Å². The van der Waals surface area contributed by atoms with Crippen molar-refractivity contribution in [1.82, 2.24) is 0 Å². The van der Waals surface area contributed by atoms with Gasteiger partial charge in [-0.1, -0.05) is 36.4 Å². The van der Waals surface area contributed by atoms with Crippen LogP contribution < -0.4 is 20.5 Å². The molecule has 0 atom stereocenters. The van der Waals surface area contributed by atoms with Crippen LogP contribution in [-0.4, -0.2) is 18.3 Å². The van der Waals surface area contributed by atoms with Crippen molar-refractivity contribution in [3.8, 4) is 22.6 Å². The van der Waals surface area contributed by atoms with Crippen molar-refractivity contribution in [1.29, 1.82) is 0 Å². The second-order valence-electron chi connectivity index (χ2n) is 6.78. The highest BCUT2D eigenvalue weighted by Gasteiger charge is 2.06. The Kier molecular flexibility index (Phi) is 8.03. The topological polar surface area (TPSA) is 56.5 Å². The maximum Gasteiger partial charge on any atom is 0.168 e. The summed E-state index contributed by atoms with van der Waals surface area (Å²) in [6.45, 7) is 1.24. The Morgan fingerprint density at radius 3 is 2.37 bits per heavy atom. The Labute approximate surface area is 181 Å². The first-order valence-corrected chi connectivity index (χ1v) is 10.3. The van der Waals surface area contributed by atoms with Crippen LogP contribution in [0.4, 0.5) is 10.1 Å². The van der Waals surface area contributed by atoms with Gasteiger partial charge in [-0.3, -0.25) is 0 Å². The van der Waals surface area contributed by atoms with E-state index in [1.54, 1.807) is 12.1 Å².